The minimum absolute atomic E-state index is 0.0752. The molecule has 0 unspecified atom stereocenters. The lowest BCUT2D eigenvalue weighted by Crippen LogP contribution is -2.59. The summed E-state index contributed by atoms with van der Waals surface area (Å²) in [6.45, 7) is 6.30. The minimum Gasteiger partial charge on any atom is -0.486 e. The fourth-order valence-corrected chi connectivity index (χ4v) is 5.07. The molecule has 2 rings (SSSR count). The molecule has 0 spiro atoms. The van der Waals surface area contributed by atoms with Crippen LogP contribution < -0.4 is 4.74 Å². The zero-order valence-corrected chi connectivity index (χ0v) is 16.6. The quantitative estimate of drug-likeness (QED) is 0.744. The number of hydrogen-bond acceptors (Lipinski definition) is 4. The molecule has 0 radical (unpaired) electrons. The van der Waals surface area contributed by atoms with Crippen molar-refractivity contribution in [1.82, 2.24) is 4.31 Å². The zero-order chi connectivity index (χ0) is 19.4. The Balaban J connectivity index is 2.23. The fourth-order valence-electron chi connectivity index (χ4n) is 3.43. The van der Waals surface area contributed by atoms with Gasteiger partial charge in [-0.2, -0.15) is 4.31 Å². The topological polar surface area (TPSA) is 66.8 Å². The maximum absolute atomic E-state index is 13.5. The Kier molecular flexibility index (Phi) is 7.05. The summed E-state index contributed by atoms with van der Waals surface area (Å²) in [5, 5.41) is 11.2. The molecule has 5 nitrogen and oxygen atoms in total. The second kappa shape index (κ2) is 8.67. The highest BCUT2D eigenvalue weighted by molar-refractivity contribution is 7.89. The number of rotatable bonds is 8. The van der Waals surface area contributed by atoms with E-state index in [1.54, 1.807) is 6.07 Å². The molecule has 1 saturated heterocycles. The molecule has 0 aliphatic carbocycles. The van der Waals surface area contributed by atoms with Crippen molar-refractivity contribution in [2.75, 3.05) is 18.8 Å². The summed E-state index contributed by atoms with van der Waals surface area (Å²) in [4.78, 5) is 0. The number of unbranched alkanes of at least 4 members (excludes halogenated alkanes) is 1. The Morgan fingerprint density at radius 2 is 2.15 bits per heavy atom. The molecular formula is C19H30FNO4S. The molecule has 0 amide bonds. The molecule has 26 heavy (non-hydrogen) atoms. The van der Waals surface area contributed by atoms with Gasteiger partial charge in [0.25, 0.3) is 0 Å². The number of piperidine rings is 1. The average molecular weight is 388 g/mol. The van der Waals surface area contributed by atoms with Crippen molar-refractivity contribution in [1.29, 1.82) is 0 Å². The normalized spacial score (nSPS) is 24.8. The van der Waals surface area contributed by atoms with Gasteiger partial charge in [0.05, 0.1) is 12.3 Å². The van der Waals surface area contributed by atoms with Crippen LogP contribution >= 0.6 is 0 Å². The molecule has 0 saturated carbocycles. The number of aliphatic hydroxyl groups is 1. The lowest BCUT2D eigenvalue weighted by Gasteiger charge is -2.44. The van der Waals surface area contributed by atoms with Crippen molar-refractivity contribution in [3.63, 3.8) is 0 Å². The van der Waals surface area contributed by atoms with Crippen LogP contribution in [0.3, 0.4) is 0 Å². The largest absolute Gasteiger partial charge is 0.486 e. The highest BCUT2D eigenvalue weighted by atomic mass is 32.2. The molecule has 7 heteroatoms. The summed E-state index contributed by atoms with van der Waals surface area (Å²) in [6, 6.07) is 5.71. The van der Waals surface area contributed by atoms with Gasteiger partial charge in [0.15, 0.2) is 0 Å². The Morgan fingerprint density at radius 1 is 1.42 bits per heavy atom. The minimum atomic E-state index is -3.39. The number of halogens is 1. The third-order valence-electron chi connectivity index (χ3n) is 4.75. The van der Waals surface area contributed by atoms with Gasteiger partial charge in [-0.25, -0.2) is 12.8 Å². The van der Waals surface area contributed by atoms with E-state index in [4.69, 9.17) is 4.74 Å². The first kappa shape index (κ1) is 21.1. The van der Waals surface area contributed by atoms with Crippen LogP contribution in [0.15, 0.2) is 24.3 Å². The molecule has 0 bridgehead atoms. The van der Waals surface area contributed by atoms with Crippen LogP contribution in [0, 0.1) is 11.7 Å². The van der Waals surface area contributed by atoms with E-state index in [1.165, 1.54) is 22.5 Å². The van der Waals surface area contributed by atoms with E-state index >= 15 is 0 Å². The standard InChI is InChI=1S/C19H30FNO4S/c1-4-5-11-26(23,24)21-10-9-19(22,13-15(2)3)18(14-21)25-17-8-6-7-16(20)12-17/h6-8,12,15,18,22H,4-5,9-11,13-14H2,1-3H3/t18-,19+/m0/s1. The molecule has 1 aliphatic rings. The summed E-state index contributed by atoms with van der Waals surface area (Å²) >= 11 is 0. The second-order valence-electron chi connectivity index (χ2n) is 7.54. The van der Waals surface area contributed by atoms with Crippen LogP contribution in [0.25, 0.3) is 0 Å². The van der Waals surface area contributed by atoms with Gasteiger partial charge in [-0.05, 0) is 37.3 Å². The first-order valence-electron chi connectivity index (χ1n) is 9.28. The molecule has 1 heterocycles. The number of ether oxygens (including phenoxy) is 1. The number of nitrogens with zero attached hydrogens (tertiary/aromatic N) is 1. The Labute approximate surface area is 156 Å². The highest BCUT2D eigenvalue weighted by Crippen LogP contribution is 2.33. The Hall–Kier alpha value is -1.18. The summed E-state index contributed by atoms with van der Waals surface area (Å²) in [6.07, 6.45) is 1.46. The van der Waals surface area contributed by atoms with Gasteiger partial charge in [-0.3, -0.25) is 0 Å². The predicted octanol–water partition coefficient (Wildman–Crippen LogP) is 3.19. The van der Waals surface area contributed by atoms with Crippen LogP contribution in [0.4, 0.5) is 4.39 Å². The Morgan fingerprint density at radius 3 is 2.77 bits per heavy atom. The van der Waals surface area contributed by atoms with Gasteiger partial charge in [0.1, 0.15) is 23.3 Å². The predicted molar refractivity (Wildman–Crippen MR) is 100 cm³/mol. The van der Waals surface area contributed by atoms with Crippen molar-refractivity contribution < 1.29 is 22.7 Å². The van der Waals surface area contributed by atoms with Crippen LogP contribution in [0.5, 0.6) is 5.75 Å². The van der Waals surface area contributed by atoms with Crippen LogP contribution in [-0.2, 0) is 10.0 Å². The molecular weight excluding hydrogens is 357 g/mol. The van der Waals surface area contributed by atoms with E-state index in [1.807, 2.05) is 20.8 Å². The number of benzene rings is 1. The smallest absolute Gasteiger partial charge is 0.214 e. The van der Waals surface area contributed by atoms with Crippen molar-refractivity contribution in [2.45, 2.75) is 58.2 Å². The van der Waals surface area contributed by atoms with E-state index in [2.05, 4.69) is 0 Å². The molecule has 0 aromatic heterocycles. The third-order valence-corrected chi connectivity index (χ3v) is 6.67. The van der Waals surface area contributed by atoms with Gasteiger partial charge >= 0.3 is 0 Å². The Bertz CT molecular complexity index is 695. The summed E-state index contributed by atoms with van der Waals surface area (Å²) < 4.78 is 45.9. The molecule has 1 aromatic carbocycles. The second-order valence-corrected chi connectivity index (χ2v) is 9.63. The maximum atomic E-state index is 13.5. The van der Waals surface area contributed by atoms with Crippen LogP contribution in [0.2, 0.25) is 0 Å². The highest BCUT2D eigenvalue weighted by Gasteiger charge is 2.46. The van der Waals surface area contributed by atoms with Crippen LogP contribution in [0.1, 0.15) is 46.5 Å². The molecule has 1 fully saturated rings. The number of hydrogen-bond donors (Lipinski definition) is 1. The van der Waals surface area contributed by atoms with Gasteiger partial charge in [0, 0.05) is 12.6 Å². The van der Waals surface area contributed by atoms with E-state index in [9.17, 15) is 17.9 Å². The monoisotopic (exact) mass is 387 g/mol. The fraction of sp³-hybridized carbons (Fsp3) is 0.684. The third kappa shape index (κ3) is 5.41. The summed E-state index contributed by atoms with van der Waals surface area (Å²) in [5.41, 5.74) is -1.14. The van der Waals surface area contributed by atoms with E-state index < -0.39 is 27.5 Å². The van der Waals surface area contributed by atoms with Crippen LogP contribution in [-0.4, -0.2) is 48.4 Å². The van der Waals surface area contributed by atoms with Crippen molar-refractivity contribution in [3.8, 4) is 5.75 Å². The van der Waals surface area contributed by atoms with Gasteiger partial charge in [-0.15, -0.1) is 0 Å². The van der Waals surface area contributed by atoms with Crippen molar-refractivity contribution >= 4 is 10.0 Å². The van der Waals surface area contributed by atoms with Gasteiger partial charge in [0.2, 0.25) is 10.0 Å². The van der Waals surface area contributed by atoms with Crippen molar-refractivity contribution in [3.05, 3.63) is 30.1 Å². The lowest BCUT2D eigenvalue weighted by molar-refractivity contribution is -0.105. The molecule has 2 atom stereocenters. The first-order valence-corrected chi connectivity index (χ1v) is 10.9. The molecule has 1 aliphatic heterocycles. The molecule has 148 valence electrons. The average Bonchev–Trinajstić information content (AvgIpc) is 2.54. The van der Waals surface area contributed by atoms with Gasteiger partial charge in [-0.1, -0.05) is 33.3 Å². The van der Waals surface area contributed by atoms with Crippen molar-refractivity contribution in [2.24, 2.45) is 5.92 Å². The first-order chi connectivity index (χ1) is 12.2. The summed E-state index contributed by atoms with van der Waals surface area (Å²) in [7, 11) is -3.39. The van der Waals surface area contributed by atoms with Gasteiger partial charge < -0.3 is 9.84 Å². The van der Waals surface area contributed by atoms with E-state index in [0.29, 0.717) is 25.0 Å². The molecule has 1 aromatic rings. The molecule has 1 N–H and O–H groups in total. The maximum Gasteiger partial charge on any atom is 0.214 e. The summed E-state index contributed by atoms with van der Waals surface area (Å²) in [5.74, 6) is 0.184. The number of sulfonamides is 1. The van der Waals surface area contributed by atoms with E-state index in [-0.39, 0.29) is 24.8 Å². The lowest BCUT2D eigenvalue weighted by atomic mass is 9.82. The SMILES string of the molecule is CCCCS(=O)(=O)N1CC[C@@](O)(CC(C)C)[C@@H](Oc2cccc(F)c2)C1. The zero-order valence-electron chi connectivity index (χ0n) is 15.8. The van der Waals surface area contributed by atoms with E-state index in [0.717, 1.165) is 6.42 Å².